The molecule has 7 heteroatoms. The van der Waals surface area contributed by atoms with Crippen LogP contribution in [0.4, 0.5) is 11.4 Å². The first-order valence-electron chi connectivity index (χ1n) is 9.69. The van der Waals surface area contributed by atoms with E-state index >= 15 is 0 Å². The average molecular weight is 384 g/mol. The molecular formula is C21H28N4O3. The maximum atomic E-state index is 12.5. The number of morpholine rings is 1. The molecule has 3 rings (SSSR count). The molecule has 2 aromatic rings. The normalized spacial score (nSPS) is 14.7. The summed E-state index contributed by atoms with van der Waals surface area (Å²) < 4.78 is 11.1. The molecule has 0 spiro atoms. The van der Waals surface area contributed by atoms with Gasteiger partial charge in [0.05, 0.1) is 36.9 Å². The molecule has 1 amide bonds. The molecule has 0 saturated carbocycles. The monoisotopic (exact) mass is 384 g/mol. The van der Waals surface area contributed by atoms with Crippen LogP contribution in [-0.4, -0.2) is 61.3 Å². The van der Waals surface area contributed by atoms with Gasteiger partial charge in [0.15, 0.2) is 0 Å². The topological polar surface area (TPSA) is 75.7 Å². The third kappa shape index (κ3) is 5.94. The number of nitrogens with one attached hydrogen (secondary N) is 2. The van der Waals surface area contributed by atoms with Crippen LogP contribution < -0.4 is 15.4 Å². The Morgan fingerprint density at radius 1 is 1.21 bits per heavy atom. The summed E-state index contributed by atoms with van der Waals surface area (Å²) >= 11 is 0. The number of para-hydroxylation sites is 2. The number of ether oxygens (including phenoxy) is 2. The highest BCUT2D eigenvalue weighted by atomic mass is 16.5. The van der Waals surface area contributed by atoms with Gasteiger partial charge in [0.25, 0.3) is 5.91 Å². The Balaban J connectivity index is 1.52. The smallest absolute Gasteiger partial charge is 0.274 e. The lowest BCUT2D eigenvalue weighted by atomic mass is 10.2. The van der Waals surface area contributed by atoms with E-state index in [2.05, 4.69) is 20.5 Å². The fourth-order valence-corrected chi connectivity index (χ4v) is 2.93. The zero-order chi connectivity index (χ0) is 19.8. The highest BCUT2D eigenvalue weighted by molar-refractivity contribution is 6.03. The van der Waals surface area contributed by atoms with Crippen LogP contribution in [-0.2, 0) is 4.74 Å². The number of rotatable bonds is 8. The lowest BCUT2D eigenvalue weighted by molar-refractivity contribution is 0.0398. The molecule has 0 atom stereocenters. The first-order chi connectivity index (χ1) is 13.6. The molecule has 2 heterocycles. The van der Waals surface area contributed by atoms with Crippen molar-refractivity contribution in [3.63, 3.8) is 0 Å². The second-order valence-electron chi connectivity index (χ2n) is 6.93. The zero-order valence-corrected chi connectivity index (χ0v) is 16.5. The number of pyridine rings is 1. The van der Waals surface area contributed by atoms with Crippen LogP contribution >= 0.6 is 0 Å². The molecule has 150 valence electrons. The number of nitrogens with zero attached hydrogens (tertiary/aromatic N) is 2. The Bertz CT molecular complexity index is 759. The summed E-state index contributed by atoms with van der Waals surface area (Å²) in [5.74, 6) is 0.381. The van der Waals surface area contributed by atoms with Crippen molar-refractivity contribution in [3.8, 4) is 5.75 Å². The number of aromatic nitrogens is 1. The minimum atomic E-state index is -0.264. The van der Waals surface area contributed by atoms with Crippen LogP contribution in [0, 0.1) is 0 Å². The summed E-state index contributed by atoms with van der Waals surface area (Å²) in [7, 11) is 0. The minimum absolute atomic E-state index is 0.0268. The van der Waals surface area contributed by atoms with Gasteiger partial charge in [-0.15, -0.1) is 0 Å². The number of anilines is 2. The summed E-state index contributed by atoms with van der Waals surface area (Å²) in [5, 5.41) is 6.21. The largest absolute Gasteiger partial charge is 0.489 e. The lowest BCUT2D eigenvalue weighted by Gasteiger charge is -2.26. The predicted octanol–water partition coefficient (Wildman–Crippen LogP) is 2.87. The van der Waals surface area contributed by atoms with E-state index in [1.165, 1.54) is 0 Å². The highest BCUT2D eigenvalue weighted by Gasteiger charge is 2.12. The quantitative estimate of drug-likeness (QED) is 0.729. The third-order valence-corrected chi connectivity index (χ3v) is 4.35. The van der Waals surface area contributed by atoms with Gasteiger partial charge in [-0.2, -0.15) is 0 Å². The number of benzene rings is 1. The van der Waals surface area contributed by atoms with Gasteiger partial charge in [-0.05, 0) is 38.1 Å². The maximum Gasteiger partial charge on any atom is 0.274 e. The van der Waals surface area contributed by atoms with Crippen molar-refractivity contribution in [1.82, 2.24) is 9.88 Å². The number of hydrogen-bond donors (Lipinski definition) is 2. The van der Waals surface area contributed by atoms with E-state index < -0.39 is 0 Å². The molecule has 1 saturated heterocycles. The van der Waals surface area contributed by atoms with Crippen molar-refractivity contribution >= 4 is 17.3 Å². The van der Waals surface area contributed by atoms with E-state index in [-0.39, 0.29) is 12.0 Å². The third-order valence-electron chi connectivity index (χ3n) is 4.35. The fraction of sp³-hybridized carbons (Fsp3) is 0.429. The van der Waals surface area contributed by atoms with Crippen molar-refractivity contribution < 1.29 is 14.3 Å². The Morgan fingerprint density at radius 3 is 2.71 bits per heavy atom. The minimum Gasteiger partial charge on any atom is -0.489 e. The SMILES string of the molecule is CC(C)Oc1ccccc1NC(=O)c1ccc(NCCN2CCOCC2)cn1. The van der Waals surface area contributed by atoms with Crippen molar-refractivity contribution in [2.45, 2.75) is 20.0 Å². The molecule has 0 aliphatic carbocycles. The molecule has 7 nitrogen and oxygen atoms in total. The van der Waals surface area contributed by atoms with Gasteiger partial charge < -0.3 is 20.1 Å². The van der Waals surface area contributed by atoms with Gasteiger partial charge in [-0.1, -0.05) is 12.1 Å². The van der Waals surface area contributed by atoms with E-state index in [0.29, 0.717) is 17.1 Å². The lowest BCUT2D eigenvalue weighted by Crippen LogP contribution is -2.39. The Labute approximate surface area is 166 Å². The van der Waals surface area contributed by atoms with Crippen LogP contribution in [0.1, 0.15) is 24.3 Å². The van der Waals surface area contributed by atoms with Gasteiger partial charge in [0.2, 0.25) is 0 Å². The van der Waals surface area contributed by atoms with E-state index in [1.807, 2.05) is 44.2 Å². The molecule has 0 radical (unpaired) electrons. The highest BCUT2D eigenvalue weighted by Crippen LogP contribution is 2.25. The first kappa shape index (κ1) is 20.1. The predicted molar refractivity (Wildman–Crippen MR) is 110 cm³/mol. The van der Waals surface area contributed by atoms with Crippen LogP contribution in [0.25, 0.3) is 0 Å². The Hall–Kier alpha value is -2.64. The molecule has 1 fully saturated rings. The number of hydrogen-bond acceptors (Lipinski definition) is 6. The summed E-state index contributed by atoms with van der Waals surface area (Å²) in [5.41, 5.74) is 1.89. The molecule has 1 aromatic carbocycles. The molecular weight excluding hydrogens is 356 g/mol. The maximum absolute atomic E-state index is 12.5. The van der Waals surface area contributed by atoms with Crippen LogP contribution in [0.15, 0.2) is 42.6 Å². The summed E-state index contributed by atoms with van der Waals surface area (Å²) in [4.78, 5) is 19.2. The number of carbonyl (C=O) groups excluding carboxylic acids is 1. The van der Waals surface area contributed by atoms with Gasteiger partial charge in [0, 0.05) is 26.2 Å². The van der Waals surface area contributed by atoms with Crippen molar-refractivity contribution in [2.75, 3.05) is 50.0 Å². The van der Waals surface area contributed by atoms with Crippen LogP contribution in [0.3, 0.4) is 0 Å². The molecule has 2 N–H and O–H groups in total. The van der Waals surface area contributed by atoms with E-state index in [1.54, 1.807) is 12.3 Å². The standard InChI is InChI=1S/C21H28N4O3/c1-16(2)28-20-6-4-3-5-18(20)24-21(26)19-8-7-17(15-23-19)22-9-10-25-11-13-27-14-12-25/h3-8,15-16,22H,9-14H2,1-2H3,(H,24,26). The molecule has 0 unspecified atom stereocenters. The molecule has 1 aliphatic rings. The van der Waals surface area contributed by atoms with Crippen molar-refractivity contribution in [1.29, 1.82) is 0 Å². The molecule has 1 aromatic heterocycles. The average Bonchev–Trinajstić information content (AvgIpc) is 2.70. The Morgan fingerprint density at radius 2 is 2.00 bits per heavy atom. The van der Waals surface area contributed by atoms with Crippen LogP contribution in [0.2, 0.25) is 0 Å². The zero-order valence-electron chi connectivity index (χ0n) is 16.5. The van der Waals surface area contributed by atoms with E-state index in [4.69, 9.17) is 9.47 Å². The Kier molecular flexibility index (Phi) is 7.22. The number of amides is 1. The second-order valence-corrected chi connectivity index (χ2v) is 6.93. The van der Waals surface area contributed by atoms with Crippen LogP contribution in [0.5, 0.6) is 5.75 Å². The second kappa shape index (κ2) is 10.1. The van der Waals surface area contributed by atoms with Crippen molar-refractivity contribution in [2.24, 2.45) is 0 Å². The fourth-order valence-electron chi connectivity index (χ4n) is 2.93. The van der Waals surface area contributed by atoms with Crippen molar-refractivity contribution in [3.05, 3.63) is 48.3 Å². The summed E-state index contributed by atoms with van der Waals surface area (Å²) in [6.45, 7) is 9.23. The van der Waals surface area contributed by atoms with Gasteiger partial charge >= 0.3 is 0 Å². The van der Waals surface area contributed by atoms with Gasteiger partial charge in [-0.25, -0.2) is 4.98 Å². The molecule has 1 aliphatic heterocycles. The van der Waals surface area contributed by atoms with E-state index in [9.17, 15) is 4.79 Å². The summed E-state index contributed by atoms with van der Waals surface area (Å²) in [6.07, 6.45) is 1.71. The molecule has 28 heavy (non-hydrogen) atoms. The summed E-state index contributed by atoms with van der Waals surface area (Å²) in [6, 6.07) is 11.0. The number of carbonyl (C=O) groups is 1. The van der Waals surface area contributed by atoms with Gasteiger partial charge in [-0.3, -0.25) is 9.69 Å². The van der Waals surface area contributed by atoms with Gasteiger partial charge in [0.1, 0.15) is 11.4 Å². The first-order valence-corrected chi connectivity index (χ1v) is 9.69. The van der Waals surface area contributed by atoms with E-state index in [0.717, 1.165) is 45.1 Å². The molecule has 0 bridgehead atoms.